The molecule has 2 aromatic rings. The molecule has 39 heavy (non-hydrogen) atoms. The first kappa shape index (κ1) is 29.4. The highest BCUT2D eigenvalue weighted by atomic mass is 35.5. The molecule has 206 valence electrons. The third-order valence-electron chi connectivity index (χ3n) is 6.31. The molecule has 2 saturated heterocycles. The number of piperidine rings is 2. The minimum absolute atomic E-state index is 0. The van der Waals surface area contributed by atoms with Crippen LogP contribution in [0.1, 0.15) is 57.5 Å². The number of nitrogens with one attached hydrogen (secondary N) is 2. The maximum atomic E-state index is 13.0. The quantitative estimate of drug-likeness (QED) is 0.375. The number of halogens is 1. The lowest BCUT2D eigenvalue weighted by molar-refractivity contribution is -0.137. The Morgan fingerprint density at radius 1 is 0.846 bits per heavy atom. The lowest BCUT2D eigenvalue weighted by Crippen LogP contribution is -2.54. The second-order valence-corrected chi connectivity index (χ2v) is 8.95. The molecule has 2 atom stereocenters. The van der Waals surface area contributed by atoms with Crippen LogP contribution in [-0.4, -0.2) is 57.5 Å². The lowest BCUT2D eigenvalue weighted by atomic mass is 10.0. The molecule has 0 aliphatic carbocycles. The average Bonchev–Trinajstić information content (AvgIpc) is 3.16. The number of imide groups is 3. The van der Waals surface area contributed by atoms with E-state index in [9.17, 15) is 28.8 Å². The van der Waals surface area contributed by atoms with Gasteiger partial charge in [0.15, 0.2) is 0 Å². The monoisotopic (exact) mass is 558 g/mol. The van der Waals surface area contributed by atoms with Crippen molar-refractivity contribution in [3.8, 4) is 5.75 Å². The third-order valence-corrected chi connectivity index (χ3v) is 6.31. The summed E-state index contributed by atoms with van der Waals surface area (Å²) in [6.07, 6.45) is 1.01. The smallest absolute Gasteiger partial charge is 0.266 e. The fourth-order valence-corrected chi connectivity index (χ4v) is 4.22. The first-order chi connectivity index (χ1) is 18.2. The Bertz CT molecular complexity index is 1310. The van der Waals surface area contributed by atoms with E-state index in [0.29, 0.717) is 12.8 Å². The summed E-state index contributed by atoms with van der Waals surface area (Å²) in [4.78, 5) is 71.2. The van der Waals surface area contributed by atoms with Crippen molar-refractivity contribution in [3.63, 3.8) is 0 Å². The highest BCUT2D eigenvalue weighted by Crippen LogP contribution is 2.34. The number of hydrogen-bond donors (Lipinski definition) is 4. The van der Waals surface area contributed by atoms with Gasteiger partial charge in [-0.3, -0.25) is 44.3 Å². The Morgan fingerprint density at radius 3 is 2.05 bits per heavy atom. The van der Waals surface area contributed by atoms with Crippen molar-refractivity contribution in [2.75, 3.05) is 0 Å². The van der Waals surface area contributed by atoms with E-state index in [4.69, 9.17) is 15.6 Å². The number of carbonyl (C=O) groups is 6. The standard InChI is InChI=1S/C21H18N2O6.C5H8N2O2.ClH/c24-10-12-4-6-13(7-5-12)11-29-16-3-1-2-14-18(16)21(28)23(20(14)27)15-8-9-17(25)22-19(15)26;6-3-1-2-4(8)7-5(3)9;/h1-7,15,24H,8-11H2,(H,22,25,26);3H,1-2,6H2,(H,7,8,9);1H. The van der Waals surface area contributed by atoms with Gasteiger partial charge in [-0.1, -0.05) is 30.3 Å². The zero-order valence-corrected chi connectivity index (χ0v) is 21.5. The van der Waals surface area contributed by atoms with E-state index in [1.165, 1.54) is 6.07 Å². The second kappa shape index (κ2) is 12.6. The van der Waals surface area contributed by atoms with Crippen molar-refractivity contribution in [3.05, 3.63) is 64.7 Å². The summed E-state index contributed by atoms with van der Waals surface area (Å²) < 4.78 is 5.79. The van der Waals surface area contributed by atoms with Crippen molar-refractivity contribution in [2.45, 2.75) is 51.0 Å². The number of hydrogen-bond acceptors (Lipinski definition) is 9. The normalized spacial score (nSPS) is 20.3. The predicted molar refractivity (Wildman–Crippen MR) is 137 cm³/mol. The number of benzene rings is 2. The van der Waals surface area contributed by atoms with Crippen molar-refractivity contribution in [1.29, 1.82) is 0 Å². The van der Waals surface area contributed by atoms with E-state index in [2.05, 4.69) is 10.6 Å². The number of amides is 6. The van der Waals surface area contributed by atoms with Crippen LogP contribution in [0.4, 0.5) is 0 Å². The molecule has 0 radical (unpaired) electrons. The SMILES string of the molecule is Cl.NC1CCC(=O)NC1=O.O=C1CCC(N2C(=O)c3cccc(OCc4ccc(CO)cc4)c3C2=O)C(=O)N1. The van der Waals surface area contributed by atoms with Crippen molar-refractivity contribution in [1.82, 2.24) is 15.5 Å². The number of ether oxygens (including phenoxy) is 1. The highest BCUT2D eigenvalue weighted by Gasteiger charge is 2.46. The predicted octanol–water partition coefficient (Wildman–Crippen LogP) is 0.331. The topological polar surface area (TPSA) is 185 Å². The molecule has 0 spiro atoms. The maximum Gasteiger partial charge on any atom is 0.266 e. The summed E-state index contributed by atoms with van der Waals surface area (Å²) in [6.45, 7) is 0.113. The number of aliphatic hydroxyl groups is 1. The number of nitrogens with zero attached hydrogens (tertiary/aromatic N) is 1. The van der Waals surface area contributed by atoms with Crippen LogP contribution >= 0.6 is 12.4 Å². The number of nitrogens with two attached hydrogens (primary N) is 1. The van der Waals surface area contributed by atoms with Gasteiger partial charge in [0.1, 0.15) is 18.4 Å². The third kappa shape index (κ3) is 6.48. The molecule has 5 N–H and O–H groups in total. The molecule has 3 aliphatic heterocycles. The van der Waals surface area contributed by atoms with Crippen LogP contribution in [0, 0.1) is 0 Å². The Labute approximate surface area is 229 Å². The molecule has 3 aliphatic rings. The van der Waals surface area contributed by atoms with Crippen LogP contribution in [-0.2, 0) is 32.4 Å². The van der Waals surface area contributed by atoms with Crippen LogP contribution in [0.2, 0.25) is 0 Å². The van der Waals surface area contributed by atoms with Crippen LogP contribution in [0.3, 0.4) is 0 Å². The van der Waals surface area contributed by atoms with Gasteiger partial charge in [0.05, 0.1) is 23.8 Å². The van der Waals surface area contributed by atoms with Crippen LogP contribution in [0.15, 0.2) is 42.5 Å². The Hall–Kier alpha value is -4.13. The number of aliphatic hydroxyl groups excluding tert-OH is 1. The number of rotatable bonds is 5. The molecular formula is C26H27ClN4O8. The summed E-state index contributed by atoms with van der Waals surface area (Å²) in [5, 5.41) is 13.4. The molecule has 3 heterocycles. The Morgan fingerprint density at radius 2 is 1.46 bits per heavy atom. The maximum absolute atomic E-state index is 13.0. The summed E-state index contributed by atoms with van der Waals surface area (Å²) in [5.74, 6) is -2.57. The Kier molecular flexibility index (Phi) is 9.51. The molecule has 2 fully saturated rings. The van der Waals surface area contributed by atoms with E-state index in [0.717, 1.165) is 16.0 Å². The van der Waals surface area contributed by atoms with E-state index >= 15 is 0 Å². The number of carbonyl (C=O) groups excluding carboxylic acids is 6. The summed E-state index contributed by atoms with van der Waals surface area (Å²) in [6, 6.07) is 10.4. The van der Waals surface area contributed by atoms with Crippen LogP contribution in [0.25, 0.3) is 0 Å². The van der Waals surface area contributed by atoms with E-state index in [1.54, 1.807) is 36.4 Å². The molecular weight excluding hydrogens is 532 g/mol. The van der Waals surface area contributed by atoms with Gasteiger partial charge in [-0.25, -0.2) is 0 Å². The fourth-order valence-electron chi connectivity index (χ4n) is 4.22. The Balaban J connectivity index is 0.000000359. The second-order valence-electron chi connectivity index (χ2n) is 8.95. The first-order valence-corrected chi connectivity index (χ1v) is 11.9. The van der Waals surface area contributed by atoms with Gasteiger partial charge in [-0.05, 0) is 36.1 Å². The van der Waals surface area contributed by atoms with Gasteiger partial charge < -0.3 is 15.6 Å². The molecule has 2 unspecified atom stereocenters. The lowest BCUT2D eigenvalue weighted by Gasteiger charge is -2.27. The summed E-state index contributed by atoms with van der Waals surface area (Å²) in [7, 11) is 0. The molecule has 5 rings (SSSR count). The van der Waals surface area contributed by atoms with Gasteiger partial charge in [0.2, 0.25) is 23.6 Å². The van der Waals surface area contributed by atoms with Crippen LogP contribution < -0.4 is 21.1 Å². The first-order valence-electron chi connectivity index (χ1n) is 11.9. The average molecular weight is 559 g/mol. The molecule has 0 aromatic heterocycles. The van der Waals surface area contributed by atoms with Crippen LogP contribution in [0.5, 0.6) is 5.75 Å². The zero-order valence-electron chi connectivity index (χ0n) is 20.7. The van der Waals surface area contributed by atoms with Gasteiger partial charge in [-0.15, -0.1) is 12.4 Å². The van der Waals surface area contributed by atoms with E-state index in [-0.39, 0.29) is 67.2 Å². The van der Waals surface area contributed by atoms with Gasteiger partial charge in [0.25, 0.3) is 11.8 Å². The highest BCUT2D eigenvalue weighted by molar-refractivity contribution is 6.24. The van der Waals surface area contributed by atoms with E-state index in [1.807, 2.05) is 0 Å². The van der Waals surface area contributed by atoms with Crippen molar-refractivity contribution < 1.29 is 38.6 Å². The molecule has 2 aromatic carbocycles. The summed E-state index contributed by atoms with van der Waals surface area (Å²) in [5.41, 5.74) is 7.17. The minimum Gasteiger partial charge on any atom is -0.488 e. The van der Waals surface area contributed by atoms with E-state index < -0.39 is 35.7 Å². The largest absolute Gasteiger partial charge is 0.488 e. The molecule has 0 saturated carbocycles. The van der Waals surface area contributed by atoms with Gasteiger partial charge in [-0.2, -0.15) is 0 Å². The molecule has 12 nitrogen and oxygen atoms in total. The number of fused-ring (bicyclic) bond motifs is 1. The van der Waals surface area contributed by atoms with Gasteiger partial charge in [0, 0.05) is 12.8 Å². The molecule has 0 bridgehead atoms. The summed E-state index contributed by atoms with van der Waals surface area (Å²) >= 11 is 0. The minimum atomic E-state index is -1.01. The molecule has 13 heteroatoms. The fraction of sp³-hybridized carbons (Fsp3) is 0.308. The van der Waals surface area contributed by atoms with Crippen molar-refractivity contribution in [2.24, 2.45) is 5.73 Å². The van der Waals surface area contributed by atoms with Gasteiger partial charge >= 0.3 is 0 Å². The molecule has 6 amide bonds. The van der Waals surface area contributed by atoms with Crippen molar-refractivity contribution >= 4 is 47.9 Å². The zero-order chi connectivity index (χ0) is 27.4.